The molecule has 27 heavy (non-hydrogen) atoms. The van der Waals surface area contributed by atoms with E-state index in [9.17, 15) is 14.4 Å². The largest absolute Gasteiger partial charge is 0.325 e. The van der Waals surface area contributed by atoms with E-state index < -0.39 is 29.3 Å². The van der Waals surface area contributed by atoms with Crippen LogP contribution in [0.15, 0.2) is 18.2 Å². The third kappa shape index (κ3) is 4.64. The highest BCUT2D eigenvalue weighted by atomic mass is 16.2. The van der Waals surface area contributed by atoms with Crippen LogP contribution < -0.4 is 10.2 Å². The molecule has 1 heterocycles. The number of anilines is 1. The van der Waals surface area contributed by atoms with E-state index in [1.54, 1.807) is 0 Å². The molecule has 0 bridgehead atoms. The van der Waals surface area contributed by atoms with Gasteiger partial charge < -0.3 is 10.2 Å². The highest BCUT2D eigenvalue weighted by Gasteiger charge is 2.45. The van der Waals surface area contributed by atoms with Crippen molar-refractivity contribution in [3.8, 4) is 6.07 Å². The van der Waals surface area contributed by atoms with E-state index in [0.717, 1.165) is 16.0 Å². The molecule has 1 aromatic rings. The Labute approximate surface area is 159 Å². The molecule has 1 aliphatic heterocycles. The Bertz CT molecular complexity index is 784. The zero-order valence-corrected chi connectivity index (χ0v) is 16.5. The lowest BCUT2D eigenvalue weighted by Crippen LogP contribution is -2.45. The molecule has 4 amide bonds. The highest BCUT2D eigenvalue weighted by Crippen LogP contribution is 2.25. The molecular formula is C20H26N4O3. The van der Waals surface area contributed by atoms with Crippen molar-refractivity contribution in [2.45, 2.75) is 47.1 Å². The van der Waals surface area contributed by atoms with E-state index in [-0.39, 0.29) is 19.5 Å². The number of urea groups is 1. The van der Waals surface area contributed by atoms with E-state index in [1.165, 1.54) is 4.90 Å². The SMILES string of the molecule is Cc1cc(C)cc(N(CCC#N)C(=O)CN2C(=O)N[C@H](C(C)(C)C)C2=O)c1. The lowest BCUT2D eigenvalue weighted by molar-refractivity contribution is -0.132. The zero-order valence-electron chi connectivity index (χ0n) is 16.5. The molecule has 0 radical (unpaired) electrons. The standard InChI is InChI=1S/C20H26N4O3/c1-13-9-14(2)11-15(10-13)23(8-6-7-21)16(25)12-24-18(26)17(20(3,4)5)22-19(24)27/h9-11,17H,6,8,12H2,1-5H3,(H,22,27)/t17-/m0/s1. The average Bonchev–Trinajstić information content (AvgIpc) is 2.82. The molecular weight excluding hydrogens is 344 g/mol. The fraction of sp³-hybridized carbons (Fsp3) is 0.500. The maximum atomic E-state index is 12.9. The van der Waals surface area contributed by atoms with E-state index >= 15 is 0 Å². The lowest BCUT2D eigenvalue weighted by Gasteiger charge is -2.26. The quantitative estimate of drug-likeness (QED) is 0.806. The van der Waals surface area contributed by atoms with Gasteiger partial charge in [-0.3, -0.25) is 14.5 Å². The first-order valence-electron chi connectivity index (χ1n) is 8.92. The van der Waals surface area contributed by atoms with Gasteiger partial charge >= 0.3 is 6.03 Å². The Morgan fingerprint density at radius 3 is 2.30 bits per heavy atom. The van der Waals surface area contributed by atoms with Gasteiger partial charge in [-0.2, -0.15) is 5.26 Å². The van der Waals surface area contributed by atoms with Crippen LogP contribution in [0.3, 0.4) is 0 Å². The highest BCUT2D eigenvalue weighted by molar-refractivity contribution is 6.08. The van der Waals surface area contributed by atoms with E-state index in [0.29, 0.717) is 5.69 Å². The minimum absolute atomic E-state index is 0.156. The summed E-state index contributed by atoms with van der Waals surface area (Å²) in [6.45, 7) is 9.27. The topological polar surface area (TPSA) is 93.5 Å². The number of aryl methyl sites for hydroxylation is 2. The Morgan fingerprint density at radius 1 is 1.22 bits per heavy atom. The first-order valence-corrected chi connectivity index (χ1v) is 8.92. The van der Waals surface area contributed by atoms with Crippen molar-refractivity contribution in [3.63, 3.8) is 0 Å². The number of imide groups is 1. The minimum Gasteiger partial charge on any atom is -0.325 e. The lowest BCUT2D eigenvalue weighted by atomic mass is 9.87. The summed E-state index contributed by atoms with van der Waals surface area (Å²) >= 11 is 0. The normalized spacial score (nSPS) is 16.9. The Morgan fingerprint density at radius 2 is 1.81 bits per heavy atom. The van der Waals surface area contributed by atoms with Crippen LogP contribution in [-0.2, 0) is 9.59 Å². The van der Waals surface area contributed by atoms with Gasteiger partial charge in [-0.05, 0) is 42.5 Å². The van der Waals surface area contributed by atoms with E-state index in [1.807, 2.05) is 58.9 Å². The second-order valence-electron chi connectivity index (χ2n) is 7.97. The third-order valence-electron chi connectivity index (χ3n) is 4.45. The summed E-state index contributed by atoms with van der Waals surface area (Å²) in [6.07, 6.45) is 0.156. The third-order valence-corrected chi connectivity index (χ3v) is 4.45. The van der Waals surface area contributed by atoms with Gasteiger partial charge in [0.25, 0.3) is 5.91 Å². The van der Waals surface area contributed by atoms with Gasteiger partial charge in [0.05, 0.1) is 12.5 Å². The monoisotopic (exact) mass is 370 g/mol. The van der Waals surface area contributed by atoms with Gasteiger partial charge in [-0.25, -0.2) is 4.79 Å². The number of carbonyl (C=O) groups is 3. The molecule has 7 nitrogen and oxygen atoms in total. The maximum absolute atomic E-state index is 12.9. The minimum atomic E-state index is -0.661. The van der Waals surface area contributed by atoms with Crippen molar-refractivity contribution in [3.05, 3.63) is 29.3 Å². The van der Waals surface area contributed by atoms with Gasteiger partial charge in [-0.1, -0.05) is 26.8 Å². The molecule has 7 heteroatoms. The second kappa shape index (κ2) is 7.78. The second-order valence-corrected chi connectivity index (χ2v) is 7.97. The van der Waals surface area contributed by atoms with E-state index in [2.05, 4.69) is 5.32 Å². The van der Waals surface area contributed by atoms with Crippen molar-refractivity contribution >= 4 is 23.5 Å². The van der Waals surface area contributed by atoms with Crippen molar-refractivity contribution in [1.29, 1.82) is 5.26 Å². The van der Waals surface area contributed by atoms with Crippen LogP contribution >= 0.6 is 0 Å². The number of carbonyl (C=O) groups excluding carboxylic acids is 3. The smallest absolute Gasteiger partial charge is 0.325 e. The summed E-state index contributed by atoms with van der Waals surface area (Å²) < 4.78 is 0. The number of hydrogen-bond acceptors (Lipinski definition) is 4. The van der Waals surface area contributed by atoms with Crippen LogP contribution in [0, 0.1) is 30.6 Å². The van der Waals surface area contributed by atoms with Crippen LogP contribution in [0.4, 0.5) is 10.5 Å². The Hall–Kier alpha value is -2.88. The van der Waals surface area contributed by atoms with Crippen LogP contribution in [0.5, 0.6) is 0 Å². The molecule has 0 aromatic heterocycles. The summed E-state index contributed by atoms with van der Waals surface area (Å²) in [5.41, 5.74) is 2.19. The first-order chi connectivity index (χ1) is 12.5. The fourth-order valence-corrected chi connectivity index (χ4v) is 3.14. The molecule has 0 aliphatic carbocycles. The van der Waals surface area contributed by atoms with Crippen molar-refractivity contribution in [2.75, 3.05) is 18.0 Å². The summed E-state index contributed by atoms with van der Waals surface area (Å²) in [7, 11) is 0. The number of amides is 4. The van der Waals surface area contributed by atoms with Crippen molar-refractivity contribution in [2.24, 2.45) is 5.41 Å². The van der Waals surface area contributed by atoms with Gasteiger partial charge in [0.15, 0.2) is 0 Å². The predicted molar refractivity (Wildman–Crippen MR) is 102 cm³/mol. The summed E-state index contributed by atoms with van der Waals surface area (Å²) in [6, 6.07) is 6.51. The van der Waals surface area contributed by atoms with Crippen LogP contribution in [0.1, 0.15) is 38.3 Å². The number of nitriles is 1. The number of hydrogen-bond donors (Lipinski definition) is 1. The Balaban J connectivity index is 2.25. The molecule has 1 aliphatic rings. The number of rotatable bonds is 5. The molecule has 1 fully saturated rings. The molecule has 1 atom stereocenters. The number of nitrogens with zero attached hydrogens (tertiary/aromatic N) is 3. The van der Waals surface area contributed by atoms with Crippen LogP contribution in [0.25, 0.3) is 0 Å². The number of benzene rings is 1. The van der Waals surface area contributed by atoms with Gasteiger partial charge in [0.2, 0.25) is 5.91 Å². The molecule has 1 N–H and O–H groups in total. The van der Waals surface area contributed by atoms with Crippen LogP contribution in [0.2, 0.25) is 0 Å². The molecule has 1 aromatic carbocycles. The maximum Gasteiger partial charge on any atom is 0.325 e. The van der Waals surface area contributed by atoms with Gasteiger partial charge in [-0.15, -0.1) is 0 Å². The molecule has 2 rings (SSSR count). The average molecular weight is 370 g/mol. The Kier molecular flexibility index (Phi) is 5.89. The summed E-state index contributed by atoms with van der Waals surface area (Å²) in [5.74, 6) is -0.796. The van der Waals surface area contributed by atoms with Crippen LogP contribution in [-0.4, -0.2) is 41.9 Å². The fourth-order valence-electron chi connectivity index (χ4n) is 3.14. The molecule has 0 spiro atoms. The molecule has 1 saturated heterocycles. The molecule has 144 valence electrons. The van der Waals surface area contributed by atoms with Gasteiger partial charge in [0.1, 0.15) is 12.6 Å². The number of nitrogens with one attached hydrogen (secondary N) is 1. The molecule has 0 saturated carbocycles. The first kappa shape index (κ1) is 20.4. The molecule has 0 unspecified atom stereocenters. The predicted octanol–water partition coefficient (Wildman–Crippen LogP) is 2.52. The zero-order chi connectivity index (χ0) is 20.4. The summed E-state index contributed by atoms with van der Waals surface area (Å²) in [4.78, 5) is 40.2. The summed E-state index contributed by atoms with van der Waals surface area (Å²) in [5, 5.41) is 11.6. The van der Waals surface area contributed by atoms with Gasteiger partial charge in [0, 0.05) is 12.2 Å². The van der Waals surface area contributed by atoms with Crippen molar-refractivity contribution < 1.29 is 14.4 Å². The van der Waals surface area contributed by atoms with E-state index in [4.69, 9.17) is 5.26 Å². The van der Waals surface area contributed by atoms with Crippen molar-refractivity contribution in [1.82, 2.24) is 10.2 Å².